The number of benzene rings is 3. The van der Waals surface area contributed by atoms with E-state index in [9.17, 15) is 13.2 Å². The number of methoxy groups -OCH3 is 2. The third-order valence-electron chi connectivity index (χ3n) is 5.82. The zero-order valence-corrected chi connectivity index (χ0v) is 21.0. The van der Waals surface area contributed by atoms with Crippen LogP contribution in [0.4, 0.5) is 13.2 Å². The fourth-order valence-electron chi connectivity index (χ4n) is 3.91. The van der Waals surface area contributed by atoms with Crippen LogP contribution in [0.1, 0.15) is 5.69 Å². The molecule has 0 aliphatic rings. The molecule has 0 bridgehead atoms. The van der Waals surface area contributed by atoms with Crippen molar-refractivity contribution in [1.82, 2.24) is 19.7 Å². The molecule has 5 aromatic rings. The van der Waals surface area contributed by atoms with Gasteiger partial charge in [0.15, 0.2) is 5.69 Å². The van der Waals surface area contributed by atoms with Gasteiger partial charge in [-0.2, -0.15) is 23.0 Å². The van der Waals surface area contributed by atoms with Gasteiger partial charge in [-0.15, -0.1) is 0 Å². The molecule has 192 valence electrons. The molecule has 6 nitrogen and oxygen atoms in total. The molecule has 0 N–H and O–H groups in total. The Morgan fingerprint density at radius 1 is 0.737 bits per heavy atom. The lowest BCUT2D eigenvalue weighted by Gasteiger charge is -2.12. The summed E-state index contributed by atoms with van der Waals surface area (Å²) >= 11 is 6.86. The van der Waals surface area contributed by atoms with E-state index in [1.807, 2.05) is 0 Å². The average molecular weight is 537 g/mol. The van der Waals surface area contributed by atoms with Crippen molar-refractivity contribution in [3.8, 4) is 51.2 Å². The standard InChI is InChI=1S/C28H20ClF3N4O2/c1-37-20-12-8-18(9-13-20)25-24(29)26(19-10-14-21(38-2)15-11-19)36(35-25)27-33-22(17-6-4-3-5-7-17)16-23(34-27)28(30,31)32/h3-16H,1-2H3. The lowest BCUT2D eigenvalue weighted by atomic mass is 10.1. The van der Waals surface area contributed by atoms with Crippen LogP contribution in [0.3, 0.4) is 0 Å². The molecule has 0 aliphatic carbocycles. The molecule has 10 heteroatoms. The highest BCUT2D eigenvalue weighted by atomic mass is 35.5. The van der Waals surface area contributed by atoms with Crippen LogP contribution in [-0.4, -0.2) is 34.0 Å². The van der Waals surface area contributed by atoms with Crippen molar-refractivity contribution in [3.05, 3.63) is 95.6 Å². The predicted octanol–water partition coefficient (Wildman–Crippen LogP) is 7.35. The number of ether oxygens (including phenoxy) is 2. The van der Waals surface area contributed by atoms with Crippen molar-refractivity contribution in [1.29, 1.82) is 0 Å². The Morgan fingerprint density at radius 3 is 1.87 bits per heavy atom. The van der Waals surface area contributed by atoms with Crippen molar-refractivity contribution < 1.29 is 22.6 Å². The Balaban J connectivity index is 1.77. The zero-order valence-electron chi connectivity index (χ0n) is 20.2. The Bertz CT molecular complexity index is 1570. The van der Waals surface area contributed by atoms with Gasteiger partial charge in [0.2, 0.25) is 0 Å². The fraction of sp³-hybridized carbons (Fsp3) is 0.107. The topological polar surface area (TPSA) is 62.1 Å². The number of hydrogen-bond donors (Lipinski definition) is 0. The van der Waals surface area contributed by atoms with E-state index in [2.05, 4.69) is 15.1 Å². The summed E-state index contributed by atoms with van der Waals surface area (Å²) in [4.78, 5) is 8.33. The van der Waals surface area contributed by atoms with Gasteiger partial charge in [-0.3, -0.25) is 0 Å². The first-order chi connectivity index (χ1) is 18.3. The van der Waals surface area contributed by atoms with E-state index in [-0.39, 0.29) is 16.7 Å². The van der Waals surface area contributed by atoms with Crippen LogP contribution in [0, 0.1) is 0 Å². The molecule has 38 heavy (non-hydrogen) atoms. The maximum atomic E-state index is 13.9. The molecule has 2 aromatic heterocycles. The highest BCUT2D eigenvalue weighted by molar-refractivity contribution is 6.35. The Kier molecular flexibility index (Phi) is 6.77. The van der Waals surface area contributed by atoms with Crippen molar-refractivity contribution in [2.24, 2.45) is 0 Å². The van der Waals surface area contributed by atoms with Gasteiger partial charge in [-0.05, 0) is 54.6 Å². The summed E-state index contributed by atoms with van der Waals surface area (Å²) in [7, 11) is 3.09. The molecular formula is C28H20ClF3N4O2. The van der Waals surface area contributed by atoms with Crippen molar-refractivity contribution >= 4 is 11.6 Å². The van der Waals surface area contributed by atoms with Gasteiger partial charge >= 0.3 is 6.18 Å². The smallest absolute Gasteiger partial charge is 0.433 e. The minimum absolute atomic E-state index is 0.0984. The Morgan fingerprint density at radius 2 is 1.32 bits per heavy atom. The summed E-state index contributed by atoms with van der Waals surface area (Å²) in [6.07, 6.45) is -4.71. The first-order valence-electron chi connectivity index (χ1n) is 11.4. The van der Waals surface area contributed by atoms with Crippen LogP contribution in [0.15, 0.2) is 84.9 Å². The van der Waals surface area contributed by atoms with E-state index in [0.29, 0.717) is 39.6 Å². The molecule has 0 amide bonds. The lowest BCUT2D eigenvalue weighted by Crippen LogP contribution is -2.14. The normalized spacial score (nSPS) is 11.4. The van der Waals surface area contributed by atoms with Gasteiger partial charge in [0.05, 0.1) is 30.6 Å². The number of halogens is 4. The maximum Gasteiger partial charge on any atom is 0.433 e. The Hall–Kier alpha value is -4.37. The van der Waals surface area contributed by atoms with Crippen molar-refractivity contribution in [2.75, 3.05) is 14.2 Å². The van der Waals surface area contributed by atoms with E-state index in [0.717, 1.165) is 6.07 Å². The monoisotopic (exact) mass is 536 g/mol. The van der Waals surface area contributed by atoms with E-state index in [1.54, 1.807) is 86.0 Å². The second kappa shape index (κ2) is 10.2. The molecular weight excluding hydrogens is 517 g/mol. The van der Waals surface area contributed by atoms with E-state index >= 15 is 0 Å². The van der Waals surface area contributed by atoms with E-state index in [4.69, 9.17) is 21.1 Å². The van der Waals surface area contributed by atoms with Crippen molar-refractivity contribution in [2.45, 2.75) is 6.18 Å². The largest absolute Gasteiger partial charge is 0.497 e. The number of rotatable bonds is 6. The third kappa shape index (κ3) is 4.92. The molecule has 3 aromatic carbocycles. The number of alkyl halides is 3. The number of nitrogens with zero attached hydrogens (tertiary/aromatic N) is 4. The minimum atomic E-state index is -4.71. The van der Waals surface area contributed by atoms with Crippen LogP contribution < -0.4 is 9.47 Å². The first kappa shape index (κ1) is 25.3. The van der Waals surface area contributed by atoms with Gasteiger partial charge in [-0.1, -0.05) is 41.9 Å². The van der Waals surface area contributed by atoms with E-state index < -0.39 is 11.9 Å². The highest BCUT2D eigenvalue weighted by Crippen LogP contribution is 2.39. The maximum absolute atomic E-state index is 13.9. The quantitative estimate of drug-likeness (QED) is 0.227. The summed E-state index contributed by atoms with van der Waals surface area (Å²) in [5.74, 6) is 0.965. The SMILES string of the molecule is COc1ccc(-c2nn(-c3nc(-c4ccccc4)cc(C(F)(F)F)n3)c(-c3ccc(OC)cc3)c2Cl)cc1. The fourth-order valence-corrected chi connectivity index (χ4v) is 4.24. The number of aromatic nitrogens is 4. The molecule has 0 saturated carbocycles. The molecule has 0 saturated heterocycles. The average Bonchev–Trinajstić information content (AvgIpc) is 3.29. The van der Waals surface area contributed by atoms with Crippen molar-refractivity contribution in [3.63, 3.8) is 0 Å². The lowest BCUT2D eigenvalue weighted by molar-refractivity contribution is -0.141. The van der Waals surface area contributed by atoms with Gasteiger partial charge in [0.1, 0.15) is 17.2 Å². The van der Waals surface area contributed by atoms with Crippen LogP contribution in [-0.2, 0) is 6.18 Å². The molecule has 0 spiro atoms. The second-order valence-corrected chi connectivity index (χ2v) is 8.56. The molecule has 0 atom stereocenters. The van der Waals surface area contributed by atoms with Gasteiger partial charge in [0.25, 0.3) is 5.95 Å². The molecule has 0 radical (unpaired) electrons. The minimum Gasteiger partial charge on any atom is -0.497 e. The van der Waals surface area contributed by atoms with E-state index in [1.165, 1.54) is 11.8 Å². The van der Waals surface area contributed by atoms with Crippen LogP contribution in [0.5, 0.6) is 11.5 Å². The van der Waals surface area contributed by atoms with Gasteiger partial charge in [-0.25, -0.2) is 9.97 Å². The summed E-state index contributed by atoms with van der Waals surface area (Å²) in [5, 5.41) is 4.83. The summed E-state index contributed by atoms with van der Waals surface area (Å²) in [5.41, 5.74) is 1.41. The summed E-state index contributed by atoms with van der Waals surface area (Å²) in [6.45, 7) is 0. The molecule has 0 fully saturated rings. The van der Waals surface area contributed by atoms with Crippen LogP contribution in [0.2, 0.25) is 5.02 Å². The highest BCUT2D eigenvalue weighted by Gasteiger charge is 2.34. The third-order valence-corrected chi connectivity index (χ3v) is 6.18. The Labute approximate surface area is 221 Å². The predicted molar refractivity (Wildman–Crippen MR) is 139 cm³/mol. The van der Waals surface area contributed by atoms with Crippen LogP contribution >= 0.6 is 11.6 Å². The zero-order chi connectivity index (χ0) is 26.9. The summed E-state index contributed by atoms with van der Waals surface area (Å²) in [6, 6.07) is 23.4. The van der Waals surface area contributed by atoms with Gasteiger partial charge < -0.3 is 9.47 Å². The first-order valence-corrected chi connectivity index (χ1v) is 11.8. The van der Waals surface area contributed by atoms with Crippen LogP contribution in [0.25, 0.3) is 39.7 Å². The molecule has 0 unspecified atom stereocenters. The summed E-state index contributed by atoms with van der Waals surface area (Å²) < 4.78 is 53.5. The number of hydrogen-bond acceptors (Lipinski definition) is 5. The van der Waals surface area contributed by atoms with Gasteiger partial charge in [0, 0.05) is 16.7 Å². The molecule has 0 aliphatic heterocycles. The molecule has 5 rings (SSSR count). The molecule has 2 heterocycles. The second-order valence-electron chi connectivity index (χ2n) is 8.18.